The number of rotatable bonds is 4. The molecule has 1 unspecified atom stereocenters. The van der Waals surface area contributed by atoms with Gasteiger partial charge in [0.25, 0.3) is 0 Å². The Balaban J connectivity index is 2.32. The maximum atomic E-state index is 12.5. The smallest absolute Gasteiger partial charge is 0.175 e. The van der Waals surface area contributed by atoms with Gasteiger partial charge >= 0.3 is 0 Å². The molecule has 98 valence electrons. The van der Waals surface area contributed by atoms with Gasteiger partial charge in [-0.25, -0.2) is 0 Å². The van der Waals surface area contributed by atoms with Crippen LogP contribution in [0, 0.1) is 5.92 Å². The molecule has 0 bridgehead atoms. The predicted octanol–water partition coefficient (Wildman–Crippen LogP) is 2.31. The second kappa shape index (κ2) is 5.87. The van der Waals surface area contributed by atoms with Crippen molar-refractivity contribution in [2.75, 3.05) is 27.4 Å². The van der Waals surface area contributed by atoms with Crippen LogP contribution >= 0.6 is 0 Å². The van der Waals surface area contributed by atoms with E-state index in [1.807, 2.05) is 6.07 Å². The summed E-state index contributed by atoms with van der Waals surface area (Å²) >= 11 is 0. The van der Waals surface area contributed by atoms with E-state index in [1.54, 1.807) is 26.4 Å². The average molecular weight is 250 g/mol. The molecule has 0 radical (unpaired) electrons. The molecule has 0 aliphatic carbocycles. The fourth-order valence-electron chi connectivity index (χ4n) is 2.25. The number of carbonyl (C=O) groups is 1. The maximum absolute atomic E-state index is 12.5. The predicted molar refractivity (Wildman–Crippen MR) is 67.4 cm³/mol. The van der Waals surface area contributed by atoms with Crippen LogP contribution < -0.4 is 9.47 Å². The molecule has 1 aliphatic heterocycles. The van der Waals surface area contributed by atoms with Crippen LogP contribution in [0.4, 0.5) is 0 Å². The summed E-state index contributed by atoms with van der Waals surface area (Å²) in [6.45, 7) is 1.23. The Morgan fingerprint density at radius 2 is 1.94 bits per heavy atom. The molecule has 1 aromatic rings. The summed E-state index contributed by atoms with van der Waals surface area (Å²) in [5.41, 5.74) is 0.526. The maximum Gasteiger partial charge on any atom is 0.175 e. The Kier molecular flexibility index (Phi) is 4.20. The molecular formula is C14H18O4. The highest BCUT2D eigenvalue weighted by atomic mass is 16.5. The summed E-state index contributed by atoms with van der Waals surface area (Å²) < 4.78 is 15.9. The van der Waals surface area contributed by atoms with Crippen LogP contribution in [0.25, 0.3) is 0 Å². The monoisotopic (exact) mass is 250 g/mol. The first-order valence-electron chi connectivity index (χ1n) is 6.11. The van der Waals surface area contributed by atoms with Gasteiger partial charge < -0.3 is 14.2 Å². The molecule has 4 nitrogen and oxygen atoms in total. The molecule has 1 aromatic carbocycles. The molecular weight excluding hydrogens is 232 g/mol. The molecule has 4 heteroatoms. The normalized spacial score (nSPS) is 19.3. The van der Waals surface area contributed by atoms with Gasteiger partial charge in [-0.05, 0) is 25.0 Å². The Labute approximate surface area is 107 Å². The highest BCUT2D eigenvalue weighted by Gasteiger charge is 2.27. The molecule has 0 amide bonds. The van der Waals surface area contributed by atoms with Crippen molar-refractivity contribution in [1.29, 1.82) is 0 Å². The van der Waals surface area contributed by atoms with E-state index in [0.29, 0.717) is 23.7 Å². The highest BCUT2D eigenvalue weighted by molar-refractivity contribution is 6.03. The van der Waals surface area contributed by atoms with Crippen molar-refractivity contribution in [2.45, 2.75) is 12.8 Å². The zero-order valence-electron chi connectivity index (χ0n) is 10.8. The Bertz CT molecular complexity index is 400. The fourth-order valence-corrected chi connectivity index (χ4v) is 2.25. The van der Waals surface area contributed by atoms with E-state index in [2.05, 4.69) is 0 Å². The van der Waals surface area contributed by atoms with E-state index in [9.17, 15) is 4.79 Å². The van der Waals surface area contributed by atoms with Crippen molar-refractivity contribution in [3.8, 4) is 11.5 Å². The van der Waals surface area contributed by atoms with Crippen molar-refractivity contribution in [2.24, 2.45) is 5.92 Å². The van der Waals surface area contributed by atoms with Crippen molar-refractivity contribution in [1.82, 2.24) is 0 Å². The number of methoxy groups -OCH3 is 2. The van der Waals surface area contributed by atoms with Crippen LogP contribution in [0.2, 0.25) is 0 Å². The van der Waals surface area contributed by atoms with Gasteiger partial charge in [-0.15, -0.1) is 0 Å². The van der Waals surface area contributed by atoms with E-state index in [-0.39, 0.29) is 11.7 Å². The third-order valence-corrected chi connectivity index (χ3v) is 3.21. The SMILES string of the molecule is COc1cccc(OC)c1C(=O)C1CCCOC1. The molecule has 0 spiro atoms. The highest BCUT2D eigenvalue weighted by Crippen LogP contribution is 2.32. The fraction of sp³-hybridized carbons (Fsp3) is 0.500. The molecule has 0 aromatic heterocycles. The van der Waals surface area contributed by atoms with Gasteiger partial charge in [0, 0.05) is 12.5 Å². The van der Waals surface area contributed by atoms with E-state index in [1.165, 1.54) is 0 Å². The summed E-state index contributed by atoms with van der Waals surface area (Å²) in [7, 11) is 3.12. The van der Waals surface area contributed by atoms with Crippen LogP contribution in [0.15, 0.2) is 18.2 Å². The zero-order chi connectivity index (χ0) is 13.0. The second-order valence-corrected chi connectivity index (χ2v) is 4.32. The third kappa shape index (κ3) is 2.48. The number of hydrogen-bond donors (Lipinski definition) is 0. The number of ketones is 1. The Morgan fingerprint density at radius 3 is 2.44 bits per heavy atom. The minimum absolute atomic E-state index is 0.0454. The minimum Gasteiger partial charge on any atom is -0.496 e. The molecule has 1 saturated heterocycles. The van der Waals surface area contributed by atoms with Crippen molar-refractivity contribution >= 4 is 5.78 Å². The van der Waals surface area contributed by atoms with E-state index in [0.717, 1.165) is 19.4 Å². The van der Waals surface area contributed by atoms with Gasteiger partial charge in [-0.2, -0.15) is 0 Å². The first kappa shape index (κ1) is 12.9. The zero-order valence-corrected chi connectivity index (χ0v) is 10.8. The molecule has 18 heavy (non-hydrogen) atoms. The van der Waals surface area contributed by atoms with Crippen molar-refractivity contribution in [3.63, 3.8) is 0 Å². The van der Waals surface area contributed by atoms with Crippen LogP contribution in [0.5, 0.6) is 11.5 Å². The molecule has 1 fully saturated rings. The van der Waals surface area contributed by atoms with Crippen LogP contribution in [-0.2, 0) is 4.74 Å². The Hall–Kier alpha value is -1.55. The van der Waals surface area contributed by atoms with Gasteiger partial charge in [0.15, 0.2) is 5.78 Å². The van der Waals surface area contributed by atoms with Gasteiger partial charge in [0.2, 0.25) is 0 Å². The largest absolute Gasteiger partial charge is 0.496 e. The van der Waals surface area contributed by atoms with Gasteiger partial charge in [0.05, 0.1) is 20.8 Å². The quantitative estimate of drug-likeness (QED) is 0.769. The molecule has 1 aliphatic rings. The van der Waals surface area contributed by atoms with Gasteiger partial charge in [0.1, 0.15) is 17.1 Å². The first-order chi connectivity index (χ1) is 8.77. The topological polar surface area (TPSA) is 44.8 Å². The number of Topliss-reactive ketones (excluding diaryl/α,β-unsaturated/α-hetero) is 1. The van der Waals surface area contributed by atoms with Crippen molar-refractivity contribution in [3.05, 3.63) is 23.8 Å². The lowest BCUT2D eigenvalue weighted by molar-refractivity contribution is 0.0458. The summed E-state index contributed by atoms with van der Waals surface area (Å²) in [6.07, 6.45) is 1.79. The van der Waals surface area contributed by atoms with E-state index >= 15 is 0 Å². The first-order valence-corrected chi connectivity index (χ1v) is 6.11. The summed E-state index contributed by atoms with van der Waals surface area (Å²) in [4.78, 5) is 12.5. The average Bonchev–Trinajstić information content (AvgIpc) is 2.46. The van der Waals surface area contributed by atoms with Crippen LogP contribution in [-0.4, -0.2) is 33.2 Å². The van der Waals surface area contributed by atoms with Gasteiger partial charge in [-0.3, -0.25) is 4.79 Å². The van der Waals surface area contributed by atoms with E-state index < -0.39 is 0 Å². The van der Waals surface area contributed by atoms with Crippen molar-refractivity contribution < 1.29 is 19.0 Å². The van der Waals surface area contributed by atoms with Crippen LogP contribution in [0.3, 0.4) is 0 Å². The molecule has 2 rings (SSSR count). The standard InChI is InChI=1S/C14H18O4/c1-16-11-6-3-7-12(17-2)13(11)14(15)10-5-4-8-18-9-10/h3,6-7,10H,4-5,8-9H2,1-2H3. The van der Waals surface area contributed by atoms with Crippen LogP contribution in [0.1, 0.15) is 23.2 Å². The minimum atomic E-state index is -0.0936. The summed E-state index contributed by atoms with van der Waals surface area (Å²) in [6, 6.07) is 5.37. The summed E-state index contributed by atoms with van der Waals surface area (Å²) in [5.74, 6) is 1.07. The lowest BCUT2D eigenvalue weighted by Gasteiger charge is -2.22. The number of carbonyl (C=O) groups excluding carboxylic acids is 1. The third-order valence-electron chi connectivity index (χ3n) is 3.21. The lowest BCUT2D eigenvalue weighted by Crippen LogP contribution is -2.26. The molecule has 1 atom stereocenters. The number of hydrogen-bond acceptors (Lipinski definition) is 4. The van der Waals surface area contributed by atoms with Gasteiger partial charge in [-0.1, -0.05) is 6.07 Å². The number of benzene rings is 1. The lowest BCUT2D eigenvalue weighted by atomic mass is 9.91. The molecule has 0 saturated carbocycles. The molecule has 0 N–H and O–H groups in total. The molecule has 1 heterocycles. The number of ether oxygens (including phenoxy) is 3. The van der Waals surface area contributed by atoms with E-state index in [4.69, 9.17) is 14.2 Å². The second-order valence-electron chi connectivity index (χ2n) is 4.32. The summed E-state index contributed by atoms with van der Waals surface area (Å²) in [5, 5.41) is 0. The Morgan fingerprint density at radius 1 is 1.28 bits per heavy atom.